The van der Waals surface area contributed by atoms with Crippen LogP contribution in [0.2, 0.25) is 0 Å². The Labute approximate surface area is 870 Å². The molecule has 0 saturated heterocycles. The minimum atomic E-state index is -2.14. The fourth-order valence-corrected chi connectivity index (χ4v) is 12.4. The van der Waals surface area contributed by atoms with Gasteiger partial charge in [0.15, 0.2) is 0 Å². The summed E-state index contributed by atoms with van der Waals surface area (Å²) >= 11 is 0. The van der Waals surface area contributed by atoms with E-state index >= 15 is 0 Å². The fraction of sp³-hybridized carbons (Fsp3) is 0.0833. The molecule has 0 amide bonds. The molecule has 0 spiro atoms. The molecular weight excluding hydrogens is 2350 g/mol. The molecule has 0 unspecified atom stereocenters. The zero-order valence-corrected chi connectivity index (χ0v) is 82.6. The third-order valence-electron chi connectivity index (χ3n) is 19.6. The van der Waals surface area contributed by atoms with Crippen molar-refractivity contribution >= 4 is 0 Å². The maximum Gasteiger partial charge on any atom is 0.0288 e. The molecule has 10 nitrogen and oxygen atoms in total. The molecule has 10 aromatic heterocycles. The summed E-state index contributed by atoms with van der Waals surface area (Å²) in [4.78, 5) is 42.5. The van der Waals surface area contributed by atoms with E-state index in [1.807, 2.05) is 238 Å². The number of nitrogens with zero attached hydrogens (tertiary/aromatic N) is 10. The largest absolute Gasteiger partial charge is 0.304 e. The number of hydrogen-bond acceptors (Lipinski definition) is 10. The summed E-state index contributed by atoms with van der Waals surface area (Å²) in [6, 6.07) is 135. The van der Waals surface area contributed by atoms with Gasteiger partial charge in [0.05, 0.1) is 0 Å². The molecule has 10 aromatic carbocycles. The second-order valence-corrected chi connectivity index (χ2v) is 29.2. The van der Waals surface area contributed by atoms with Gasteiger partial charge in [-0.1, -0.05) is 202 Å². The second kappa shape index (κ2) is 55.0. The van der Waals surface area contributed by atoms with Crippen LogP contribution in [0.15, 0.2) is 414 Å². The topological polar surface area (TPSA) is 129 Å². The Hall–Kier alpha value is -13.7. The monoisotopic (exact) mass is 2470 g/mol. The second-order valence-electron chi connectivity index (χ2n) is 29.2. The molecule has 134 heavy (non-hydrogen) atoms. The minimum Gasteiger partial charge on any atom is -0.304 e. The van der Waals surface area contributed by atoms with Crippen LogP contribution in [0.3, 0.4) is 0 Å². The van der Waals surface area contributed by atoms with E-state index in [2.05, 4.69) is 155 Å². The van der Waals surface area contributed by atoms with Crippen molar-refractivity contribution < 1.29 is 105 Å². The summed E-state index contributed by atoms with van der Waals surface area (Å²) in [5.41, 5.74) is 27.8. The van der Waals surface area contributed by atoms with Gasteiger partial charge in [-0.2, -0.15) is 0 Å². The van der Waals surface area contributed by atoms with Gasteiger partial charge >= 0.3 is 0 Å². The molecule has 10 heterocycles. The van der Waals surface area contributed by atoms with E-state index in [1.165, 1.54) is 65.0 Å². The quantitative estimate of drug-likeness (QED) is 0.109. The third-order valence-corrected chi connectivity index (χ3v) is 19.6. The maximum absolute atomic E-state index is 7.49. The van der Waals surface area contributed by atoms with Crippen LogP contribution in [0.1, 0.15) is 80.3 Å². The molecule has 0 saturated carbocycles. The smallest absolute Gasteiger partial charge is 0.0288 e. The molecule has 0 aliphatic rings. The molecule has 0 fully saturated rings. The molecule has 0 N–H and O–H groups in total. The van der Waals surface area contributed by atoms with E-state index in [0.29, 0.717) is 17.0 Å². The van der Waals surface area contributed by atoms with Crippen LogP contribution in [-0.4, -0.2) is 49.8 Å². The number of aromatic nitrogens is 10. The predicted molar refractivity (Wildman–Crippen MR) is 533 cm³/mol. The van der Waals surface area contributed by atoms with Gasteiger partial charge in [-0.15, -0.1) is 263 Å². The van der Waals surface area contributed by atoms with Gasteiger partial charge in [0.25, 0.3) is 0 Å². The first kappa shape index (κ1) is 80.0. The van der Waals surface area contributed by atoms with E-state index in [-0.39, 0.29) is 114 Å². The number of rotatable bonds is 12. The van der Waals surface area contributed by atoms with Gasteiger partial charge in [0.2, 0.25) is 0 Å². The average Bonchev–Trinajstić information content (AvgIpc) is 0.809. The Kier molecular flexibility index (Phi) is 32.8. The number of benzene rings is 10. The first-order valence-electron chi connectivity index (χ1n) is 50.4. The Morgan fingerprint density at radius 3 is 0.679 bits per heavy atom. The van der Waals surface area contributed by atoms with E-state index in [4.69, 9.17) is 24.7 Å². The summed E-state index contributed by atoms with van der Waals surface area (Å²) in [6.45, 7) is -4.62. The Bertz CT molecular complexity index is 7120. The molecule has 0 aliphatic heterocycles. The van der Waals surface area contributed by atoms with Crippen LogP contribution in [0.4, 0.5) is 0 Å². The van der Waals surface area contributed by atoms with Crippen molar-refractivity contribution in [3.05, 3.63) is 518 Å². The van der Waals surface area contributed by atoms with Crippen molar-refractivity contribution in [1.29, 1.82) is 0 Å². The summed E-state index contributed by atoms with van der Waals surface area (Å²) in [7, 11) is 0. The summed E-state index contributed by atoms with van der Waals surface area (Å²) in [6.07, 6.45) is 15.7. The standard InChI is InChI=1S/2C18H15N2.2C18H14N.4C12H10N.4Ir/c2*1-13-11-18(20-12-14(13)2)16-8-6-15(7-9-16)17-5-3-4-10-19-17;2*1-14-7-12-18(19-13-14)17-10-8-16(9-11-17)15-5-3-2-4-6-15;4*1-10-7-8-12(13-9-10)11-5-3-2-4-6-11;;;;/h2*3-8,10-12H,1-2H3;2*2-10,12-13H,1H3;4*2-5,7-9H,1H3;;;;/q8*-1;;;;/i2D3;;1D3;;4*1D3;;;;. The van der Waals surface area contributed by atoms with E-state index in [9.17, 15) is 0 Å². The van der Waals surface area contributed by atoms with Crippen LogP contribution in [0.5, 0.6) is 0 Å². The number of aryl methyl sites for hydroxylation is 10. The molecular formula is C120H98Ir4N10-8. The van der Waals surface area contributed by atoms with Gasteiger partial charge in [-0.25, -0.2) is 0 Å². The zero-order chi connectivity index (χ0) is 105. The average molecular weight is 2470 g/mol. The van der Waals surface area contributed by atoms with Gasteiger partial charge in [0, 0.05) is 178 Å². The van der Waals surface area contributed by atoms with Crippen LogP contribution in [0, 0.1) is 117 Å². The molecule has 20 aromatic rings. The molecule has 0 bridgehead atoms. The number of pyridine rings is 10. The molecule has 20 rings (SSSR count). The fourth-order valence-electron chi connectivity index (χ4n) is 12.4. The molecule has 0 aliphatic carbocycles. The summed E-state index contributed by atoms with van der Waals surface area (Å²) in [5.74, 6) is 0. The normalized spacial score (nSPS) is 12.5. The molecule has 0 atom stereocenters. The van der Waals surface area contributed by atoms with Crippen molar-refractivity contribution in [2.75, 3.05) is 0 Å². The Morgan fingerprint density at radius 2 is 0.440 bits per heavy atom. The van der Waals surface area contributed by atoms with Gasteiger partial charge in [-0.3, -0.25) is 9.97 Å². The van der Waals surface area contributed by atoms with Crippen LogP contribution >= 0.6 is 0 Å². The minimum absolute atomic E-state index is 0. The van der Waals surface area contributed by atoms with Gasteiger partial charge in [0.1, 0.15) is 0 Å². The van der Waals surface area contributed by atoms with Crippen molar-refractivity contribution in [3.8, 4) is 135 Å². The van der Waals surface area contributed by atoms with Crippen LogP contribution < -0.4 is 0 Å². The Balaban J connectivity index is 0.000000192. The Morgan fingerprint density at radius 1 is 0.179 bits per heavy atom. The van der Waals surface area contributed by atoms with Crippen molar-refractivity contribution in [3.63, 3.8) is 0 Å². The predicted octanol–water partition coefficient (Wildman–Crippen LogP) is 28.9. The third kappa shape index (κ3) is 32.4. The van der Waals surface area contributed by atoms with Crippen molar-refractivity contribution in [2.45, 2.75) is 68.8 Å². The van der Waals surface area contributed by atoms with Crippen molar-refractivity contribution in [1.82, 2.24) is 49.8 Å². The SMILES string of the molecule is Cc1ccc(-c2[c-]cc(-c3ccccc3)cc2)nc1.Cc1cnc(-c2[c-]cc(-c3ccccn3)cc2)cc1C.[2H]C([2H])([2H])c1ccc(-c2[c-]cc(-c3ccccc3)cc2)nc1.[2H]C([2H])([2H])c1ccc(-c2[c-]cccc2)nc1.[2H]C([2H])([2H])c1ccc(-c2[c-]cccc2)nc1.[2H]C([2H])([2H])c1ccc(-c2[c-]cccc2)nc1.[2H]C([2H])([2H])c1ccc(-c2[c-]cccc2)nc1.[2H]C([2H])([2H])c1cnc(-c2[c-]cc(-c3ccccn3)cc2)cc1C.[Ir].[Ir].[Ir].[Ir]. The molecule has 14 heteroatoms. The van der Waals surface area contributed by atoms with Gasteiger partial charge < -0.3 is 39.9 Å². The molecule has 672 valence electrons. The van der Waals surface area contributed by atoms with Crippen LogP contribution in [-0.2, 0) is 80.4 Å². The van der Waals surface area contributed by atoms with Crippen LogP contribution in [0.25, 0.3) is 135 Å². The zero-order valence-electron chi connectivity index (χ0n) is 91.1. The number of hydrogen-bond donors (Lipinski definition) is 0. The summed E-state index contributed by atoms with van der Waals surface area (Å²) < 4.78 is 131. The molecule has 4 radical (unpaired) electrons. The summed E-state index contributed by atoms with van der Waals surface area (Å²) in [5, 5.41) is 0. The first-order chi connectivity index (χ1) is 70.8. The van der Waals surface area contributed by atoms with E-state index in [1.54, 1.807) is 110 Å². The first-order valence-corrected chi connectivity index (χ1v) is 41.4. The van der Waals surface area contributed by atoms with E-state index < -0.39 is 41.1 Å². The van der Waals surface area contributed by atoms with E-state index in [0.717, 1.165) is 112 Å². The van der Waals surface area contributed by atoms with Crippen molar-refractivity contribution in [2.24, 2.45) is 0 Å². The van der Waals surface area contributed by atoms with Gasteiger partial charge in [-0.05, 0) is 183 Å². The maximum atomic E-state index is 7.49.